The highest BCUT2D eigenvalue weighted by molar-refractivity contribution is 9.10. The van der Waals surface area contributed by atoms with Crippen molar-refractivity contribution in [3.05, 3.63) is 61.0 Å². The molecule has 0 N–H and O–H groups in total. The maximum absolute atomic E-state index is 4.80. The van der Waals surface area contributed by atoms with Crippen molar-refractivity contribution in [3.63, 3.8) is 0 Å². The van der Waals surface area contributed by atoms with Crippen LogP contribution >= 0.6 is 38.6 Å². The van der Waals surface area contributed by atoms with E-state index in [1.165, 1.54) is 20.3 Å². The topological polar surface area (TPSA) is 12.9 Å². The minimum Gasteiger partial charge on any atom is -0.241 e. The molecule has 3 aromatic rings. The van der Waals surface area contributed by atoms with Gasteiger partial charge in [-0.05, 0) is 30.5 Å². The maximum Gasteiger partial charge on any atom is 0.0987 e. The van der Waals surface area contributed by atoms with Crippen molar-refractivity contribution >= 4 is 38.6 Å². The van der Waals surface area contributed by atoms with Crippen LogP contribution in [0.5, 0.6) is 0 Å². The van der Waals surface area contributed by atoms with E-state index in [4.69, 9.17) is 4.98 Å². The molecule has 0 aliphatic rings. The quantitative estimate of drug-likeness (QED) is 0.605. The molecular formula is C15H12BrNS2. The van der Waals surface area contributed by atoms with Crippen LogP contribution in [-0.4, -0.2) is 4.98 Å². The highest BCUT2D eigenvalue weighted by atomic mass is 79.9. The van der Waals surface area contributed by atoms with Crippen LogP contribution in [-0.2, 0) is 6.42 Å². The molecule has 0 spiro atoms. The van der Waals surface area contributed by atoms with E-state index in [0.29, 0.717) is 0 Å². The Morgan fingerprint density at radius 1 is 1.21 bits per heavy atom. The Morgan fingerprint density at radius 2 is 2.11 bits per heavy atom. The summed E-state index contributed by atoms with van der Waals surface area (Å²) in [5.41, 5.74) is 2.29. The molecule has 19 heavy (non-hydrogen) atoms. The van der Waals surface area contributed by atoms with Crippen LogP contribution in [0.2, 0.25) is 0 Å². The number of nitrogens with zero attached hydrogens (tertiary/aromatic N) is 1. The number of hydrogen-bond donors (Lipinski definition) is 0. The van der Waals surface area contributed by atoms with E-state index in [1.807, 2.05) is 6.07 Å². The first-order chi connectivity index (χ1) is 9.22. The Bertz CT molecular complexity index is 686. The fourth-order valence-electron chi connectivity index (χ4n) is 1.99. The lowest BCUT2D eigenvalue weighted by molar-refractivity contribution is 1.17. The van der Waals surface area contributed by atoms with Crippen LogP contribution in [0, 0.1) is 6.92 Å². The van der Waals surface area contributed by atoms with Gasteiger partial charge in [0, 0.05) is 26.2 Å². The summed E-state index contributed by atoms with van der Waals surface area (Å²) in [5, 5.41) is 3.31. The average Bonchev–Trinajstić information content (AvgIpc) is 3.00. The number of benzene rings is 1. The molecule has 1 aromatic carbocycles. The van der Waals surface area contributed by atoms with Crippen LogP contribution in [0.3, 0.4) is 0 Å². The molecule has 0 aliphatic carbocycles. The number of hydrogen-bond acceptors (Lipinski definition) is 3. The molecule has 2 heterocycles. The van der Waals surface area contributed by atoms with E-state index in [2.05, 4.69) is 58.6 Å². The first-order valence-corrected chi connectivity index (χ1v) is 8.46. The standard InChI is InChI=1S/C15H12BrNS2/c1-10-15(11-4-2-5-12(16)8-11)17-14(19-10)9-13-6-3-7-18-13/h2-8H,9H2,1H3. The maximum atomic E-state index is 4.80. The molecule has 3 rings (SSSR count). The van der Waals surface area contributed by atoms with E-state index < -0.39 is 0 Å². The third kappa shape index (κ3) is 2.96. The predicted molar refractivity (Wildman–Crippen MR) is 87.1 cm³/mol. The summed E-state index contributed by atoms with van der Waals surface area (Å²) < 4.78 is 1.09. The number of thiazole rings is 1. The molecular weight excluding hydrogens is 338 g/mol. The Labute approximate surface area is 129 Å². The predicted octanol–water partition coefficient (Wildman–Crippen LogP) is 5.53. The molecule has 96 valence electrons. The van der Waals surface area contributed by atoms with Gasteiger partial charge in [-0.3, -0.25) is 0 Å². The summed E-state index contributed by atoms with van der Waals surface area (Å²) in [4.78, 5) is 7.45. The van der Waals surface area contributed by atoms with Gasteiger partial charge in [0.2, 0.25) is 0 Å². The molecule has 1 nitrogen and oxygen atoms in total. The fourth-order valence-corrected chi connectivity index (χ4v) is 4.17. The second kappa shape index (κ2) is 5.57. The molecule has 0 saturated heterocycles. The lowest BCUT2D eigenvalue weighted by atomic mass is 10.1. The van der Waals surface area contributed by atoms with Crippen LogP contribution in [0.15, 0.2) is 46.3 Å². The summed E-state index contributed by atoms with van der Waals surface area (Å²) in [6.45, 7) is 2.14. The lowest BCUT2D eigenvalue weighted by Crippen LogP contribution is -1.84. The van der Waals surface area contributed by atoms with Gasteiger partial charge in [0.15, 0.2) is 0 Å². The van der Waals surface area contributed by atoms with Gasteiger partial charge in [0.25, 0.3) is 0 Å². The second-order valence-corrected chi connectivity index (χ2v) is 7.51. The van der Waals surface area contributed by atoms with Crippen LogP contribution in [0.1, 0.15) is 14.8 Å². The van der Waals surface area contributed by atoms with Crippen molar-refractivity contribution in [3.8, 4) is 11.3 Å². The molecule has 2 aromatic heterocycles. The van der Waals surface area contributed by atoms with Gasteiger partial charge in [-0.2, -0.15) is 0 Å². The van der Waals surface area contributed by atoms with Gasteiger partial charge in [0.05, 0.1) is 10.7 Å². The molecule has 0 bridgehead atoms. The summed E-state index contributed by atoms with van der Waals surface area (Å²) in [7, 11) is 0. The van der Waals surface area contributed by atoms with Gasteiger partial charge in [0.1, 0.15) is 0 Å². The molecule has 0 amide bonds. The molecule has 0 aliphatic heterocycles. The zero-order valence-corrected chi connectivity index (χ0v) is 13.6. The number of thiophene rings is 1. The molecule has 0 saturated carbocycles. The van der Waals surface area contributed by atoms with Crippen molar-refractivity contribution in [1.29, 1.82) is 0 Å². The molecule has 0 radical (unpaired) electrons. The second-order valence-electron chi connectivity index (χ2n) is 4.28. The van der Waals surface area contributed by atoms with Crippen molar-refractivity contribution in [2.24, 2.45) is 0 Å². The lowest BCUT2D eigenvalue weighted by Gasteiger charge is -1.99. The summed E-state index contributed by atoms with van der Waals surface area (Å²) >= 11 is 7.10. The molecule has 0 fully saturated rings. The van der Waals surface area contributed by atoms with Crippen molar-refractivity contribution in [2.45, 2.75) is 13.3 Å². The molecule has 0 unspecified atom stereocenters. The third-order valence-electron chi connectivity index (χ3n) is 2.84. The van der Waals surface area contributed by atoms with E-state index in [9.17, 15) is 0 Å². The summed E-state index contributed by atoms with van der Waals surface area (Å²) in [6, 6.07) is 12.6. The van der Waals surface area contributed by atoms with Crippen molar-refractivity contribution in [2.75, 3.05) is 0 Å². The first-order valence-electron chi connectivity index (χ1n) is 5.97. The van der Waals surface area contributed by atoms with Crippen LogP contribution in [0.4, 0.5) is 0 Å². The van der Waals surface area contributed by atoms with Crippen LogP contribution < -0.4 is 0 Å². The normalized spacial score (nSPS) is 10.8. The Kier molecular flexibility index (Phi) is 3.82. The largest absolute Gasteiger partial charge is 0.241 e. The monoisotopic (exact) mass is 349 g/mol. The van der Waals surface area contributed by atoms with Gasteiger partial charge in [-0.15, -0.1) is 22.7 Å². The third-order valence-corrected chi connectivity index (χ3v) is 5.18. The molecule has 4 heteroatoms. The first kappa shape index (κ1) is 13.0. The Balaban J connectivity index is 1.93. The van der Waals surface area contributed by atoms with Crippen molar-refractivity contribution in [1.82, 2.24) is 4.98 Å². The average molecular weight is 350 g/mol. The van der Waals surface area contributed by atoms with Crippen molar-refractivity contribution < 1.29 is 0 Å². The zero-order valence-electron chi connectivity index (χ0n) is 10.4. The number of aryl methyl sites for hydroxylation is 1. The highest BCUT2D eigenvalue weighted by Crippen LogP contribution is 2.30. The van der Waals surface area contributed by atoms with E-state index >= 15 is 0 Å². The van der Waals surface area contributed by atoms with Crippen LogP contribution in [0.25, 0.3) is 11.3 Å². The number of aromatic nitrogens is 1. The van der Waals surface area contributed by atoms with Gasteiger partial charge >= 0.3 is 0 Å². The number of halogens is 1. The summed E-state index contributed by atoms with van der Waals surface area (Å²) in [5.74, 6) is 0. The SMILES string of the molecule is Cc1sc(Cc2cccs2)nc1-c1cccc(Br)c1. The Hall–Kier alpha value is -0.970. The molecule has 0 atom stereocenters. The minimum absolute atomic E-state index is 0.942. The van der Waals surface area contributed by atoms with E-state index in [0.717, 1.165) is 16.6 Å². The van der Waals surface area contributed by atoms with E-state index in [-0.39, 0.29) is 0 Å². The van der Waals surface area contributed by atoms with Gasteiger partial charge < -0.3 is 0 Å². The highest BCUT2D eigenvalue weighted by Gasteiger charge is 2.10. The minimum atomic E-state index is 0.942. The smallest absolute Gasteiger partial charge is 0.0987 e. The zero-order chi connectivity index (χ0) is 13.2. The van der Waals surface area contributed by atoms with Gasteiger partial charge in [-0.25, -0.2) is 4.98 Å². The summed E-state index contributed by atoms with van der Waals surface area (Å²) in [6.07, 6.45) is 0.942. The number of rotatable bonds is 3. The fraction of sp³-hybridized carbons (Fsp3) is 0.133. The van der Waals surface area contributed by atoms with Gasteiger partial charge in [-0.1, -0.05) is 34.1 Å². The Morgan fingerprint density at radius 3 is 2.84 bits per heavy atom. The van der Waals surface area contributed by atoms with E-state index in [1.54, 1.807) is 22.7 Å².